The van der Waals surface area contributed by atoms with Gasteiger partial charge in [0.15, 0.2) is 0 Å². The summed E-state index contributed by atoms with van der Waals surface area (Å²) >= 11 is 0. The summed E-state index contributed by atoms with van der Waals surface area (Å²) in [5.41, 5.74) is 1.18. The van der Waals surface area contributed by atoms with Crippen molar-refractivity contribution < 1.29 is 18.0 Å². The van der Waals surface area contributed by atoms with Gasteiger partial charge in [0.05, 0.1) is 13.2 Å². The molecule has 0 fully saturated rings. The van der Waals surface area contributed by atoms with Gasteiger partial charge in [-0.05, 0) is 25.8 Å². The molecule has 0 bridgehead atoms. The van der Waals surface area contributed by atoms with Crippen LogP contribution in [0.15, 0.2) is 30.3 Å². The monoisotopic (exact) mass is 326 g/mol. The van der Waals surface area contributed by atoms with E-state index in [-0.39, 0.29) is 0 Å². The summed E-state index contributed by atoms with van der Waals surface area (Å²) in [4.78, 5) is 0. The Bertz CT molecular complexity index is 366. The molecule has 0 saturated heterocycles. The van der Waals surface area contributed by atoms with E-state index < -0.39 is 8.80 Å². The fourth-order valence-electron chi connectivity index (χ4n) is 2.17. The van der Waals surface area contributed by atoms with Crippen molar-refractivity contribution in [1.29, 1.82) is 0 Å². The third-order valence-corrected chi connectivity index (χ3v) is 6.13. The highest BCUT2D eigenvalue weighted by atomic mass is 28.4. The highest BCUT2D eigenvalue weighted by Gasteiger charge is 2.40. The number of hydrogen-bond acceptors (Lipinski definition) is 4. The van der Waals surface area contributed by atoms with Crippen LogP contribution in [0, 0.1) is 0 Å². The van der Waals surface area contributed by atoms with E-state index in [1.807, 2.05) is 32.0 Å². The number of hydrogen-bond donors (Lipinski definition) is 0. The molecule has 0 spiro atoms. The Kier molecular flexibility index (Phi) is 10.4. The Labute approximate surface area is 136 Å². The van der Waals surface area contributed by atoms with Gasteiger partial charge in [0.25, 0.3) is 0 Å². The minimum absolute atomic E-state index is 0.517. The molecule has 0 heterocycles. The summed E-state index contributed by atoms with van der Waals surface area (Å²) in [5, 5.41) is 0. The Hall–Kier alpha value is -0.723. The predicted octanol–water partition coefficient (Wildman–Crippen LogP) is 3.61. The summed E-state index contributed by atoms with van der Waals surface area (Å²) in [6.07, 6.45) is 2.23. The lowest BCUT2D eigenvalue weighted by molar-refractivity contribution is 0.0327. The number of rotatable bonds is 13. The van der Waals surface area contributed by atoms with Gasteiger partial charge in [0.1, 0.15) is 0 Å². The van der Waals surface area contributed by atoms with E-state index in [1.165, 1.54) is 5.56 Å². The fraction of sp³-hybridized carbons (Fsp3) is 0.647. The first-order chi connectivity index (χ1) is 10.8. The SMILES string of the molecule is CCCCOCCO[Si](Cc1ccccc1)(OCC)OCC. The fourth-order valence-corrected chi connectivity index (χ4v) is 4.73. The second-order valence-corrected chi connectivity index (χ2v) is 7.61. The van der Waals surface area contributed by atoms with Crippen LogP contribution in [0.4, 0.5) is 0 Å². The molecular formula is C17H30O4Si. The van der Waals surface area contributed by atoms with E-state index in [4.69, 9.17) is 18.0 Å². The van der Waals surface area contributed by atoms with Crippen LogP contribution in [0.1, 0.15) is 39.2 Å². The van der Waals surface area contributed by atoms with Crippen molar-refractivity contribution in [3.63, 3.8) is 0 Å². The maximum atomic E-state index is 6.06. The molecule has 0 aliphatic rings. The molecule has 0 unspecified atom stereocenters. The Morgan fingerprint density at radius 3 is 2.09 bits per heavy atom. The maximum Gasteiger partial charge on any atom is 0.505 e. The molecule has 1 aromatic carbocycles. The van der Waals surface area contributed by atoms with Crippen LogP contribution < -0.4 is 0 Å². The van der Waals surface area contributed by atoms with Gasteiger partial charge in [0.2, 0.25) is 0 Å². The van der Waals surface area contributed by atoms with Crippen LogP contribution in [-0.4, -0.2) is 41.8 Å². The van der Waals surface area contributed by atoms with E-state index >= 15 is 0 Å². The molecule has 0 radical (unpaired) electrons. The average Bonchev–Trinajstić information content (AvgIpc) is 2.52. The first-order valence-electron chi connectivity index (χ1n) is 8.29. The van der Waals surface area contributed by atoms with Crippen LogP contribution in [0.2, 0.25) is 0 Å². The topological polar surface area (TPSA) is 36.9 Å². The molecule has 0 aliphatic carbocycles. The van der Waals surface area contributed by atoms with Gasteiger partial charge >= 0.3 is 8.80 Å². The predicted molar refractivity (Wildman–Crippen MR) is 90.8 cm³/mol. The number of ether oxygens (including phenoxy) is 1. The quantitative estimate of drug-likeness (QED) is 0.410. The zero-order valence-electron chi connectivity index (χ0n) is 14.2. The zero-order valence-corrected chi connectivity index (χ0v) is 15.2. The van der Waals surface area contributed by atoms with Gasteiger partial charge in [-0.15, -0.1) is 0 Å². The zero-order chi connectivity index (χ0) is 16.1. The van der Waals surface area contributed by atoms with E-state index in [2.05, 4.69) is 19.1 Å². The Morgan fingerprint density at radius 1 is 0.818 bits per heavy atom. The summed E-state index contributed by atoms with van der Waals surface area (Å²) < 4.78 is 23.5. The lowest BCUT2D eigenvalue weighted by Gasteiger charge is -2.29. The second kappa shape index (κ2) is 11.8. The van der Waals surface area contributed by atoms with Crippen molar-refractivity contribution in [2.24, 2.45) is 0 Å². The highest BCUT2D eigenvalue weighted by Crippen LogP contribution is 2.17. The molecule has 0 N–H and O–H groups in total. The van der Waals surface area contributed by atoms with Crippen molar-refractivity contribution in [3.8, 4) is 0 Å². The van der Waals surface area contributed by atoms with Crippen molar-refractivity contribution in [3.05, 3.63) is 35.9 Å². The van der Waals surface area contributed by atoms with E-state index in [0.717, 1.165) is 19.4 Å². The standard InChI is InChI=1S/C17H30O4Si/c1-4-7-13-18-14-15-21-22(19-5-2,20-6-3)16-17-11-9-8-10-12-17/h8-12H,4-7,13-16H2,1-3H3. The Morgan fingerprint density at radius 2 is 1.50 bits per heavy atom. The van der Waals surface area contributed by atoms with Crippen molar-refractivity contribution in [2.75, 3.05) is 33.0 Å². The minimum atomic E-state index is -2.68. The molecule has 22 heavy (non-hydrogen) atoms. The van der Waals surface area contributed by atoms with Crippen LogP contribution in [-0.2, 0) is 24.1 Å². The van der Waals surface area contributed by atoms with Crippen LogP contribution >= 0.6 is 0 Å². The molecule has 5 heteroatoms. The van der Waals surface area contributed by atoms with Gasteiger partial charge in [-0.25, -0.2) is 0 Å². The van der Waals surface area contributed by atoms with Gasteiger partial charge in [-0.1, -0.05) is 43.7 Å². The lowest BCUT2D eigenvalue weighted by Crippen LogP contribution is -2.49. The van der Waals surface area contributed by atoms with Crippen LogP contribution in [0.3, 0.4) is 0 Å². The Balaban J connectivity index is 2.56. The summed E-state index contributed by atoms with van der Waals surface area (Å²) in [6, 6.07) is 10.9. The van der Waals surface area contributed by atoms with E-state index in [1.54, 1.807) is 0 Å². The molecule has 4 nitrogen and oxygen atoms in total. The van der Waals surface area contributed by atoms with Crippen LogP contribution in [0.5, 0.6) is 0 Å². The molecule has 0 amide bonds. The van der Waals surface area contributed by atoms with Gasteiger partial charge in [-0.3, -0.25) is 0 Å². The summed E-state index contributed by atoms with van der Waals surface area (Å²) in [5.74, 6) is 0. The van der Waals surface area contributed by atoms with Crippen molar-refractivity contribution in [1.82, 2.24) is 0 Å². The number of unbranched alkanes of at least 4 members (excludes halogenated alkanes) is 1. The normalized spacial score (nSPS) is 11.8. The third kappa shape index (κ3) is 7.51. The number of benzene rings is 1. The first kappa shape index (κ1) is 19.3. The third-order valence-electron chi connectivity index (χ3n) is 3.18. The van der Waals surface area contributed by atoms with Crippen molar-refractivity contribution in [2.45, 2.75) is 39.7 Å². The van der Waals surface area contributed by atoms with E-state index in [0.29, 0.717) is 32.5 Å². The highest BCUT2D eigenvalue weighted by molar-refractivity contribution is 6.60. The van der Waals surface area contributed by atoms with Gasteiger partial charge < -0.3 is 18.0 Å². The van der Waals surface area contributed by atoms with Gasteiger partial charge in [0, 0.05) is 25.9 Å². The molecule has 126 valence electrons. The second-order valence-electron chi connectivity index (χ2n) is 5.03. The molecule has 0 atom stereocenters. The van der Waals surface area contributed by atoms with Gasteiger partial charge in [-0.2, -0.15) is 0 Å². The lowest BCUT2D eigenvalue weighted by atomic mass is 10.2. The van der Waals surface area contributed by atoms with Crippen LogP contribution in [0.25, 0.3) is 0 Å². The molecule has 0 aliphatic heterocycles. The minimum Gasteiger partial charge on any atom is -0.379 e. The summed E-state index contributed by atoms with van der Waals surface area (Å²) in [7, 11) is -2.68. The molecular weight excluding hydrogens is 296 g/mol. The largest absolute Gasteiger partial charge is 0.505 e. The smallest absolute Gasteiger partial charge is 0.379 e. The molecule has 1 aromatic rings. The average molecular weight is 327 g/mol. The molecule has 0 saturated carbocycles. The first-order valence-corrected chi connectivity index (χ1v) is 10.2. The summed E-state index contributed by atoms with van der Waals surface area (Å²) in [6.45, 7) is 9.19. The van der Waals surface area contributed by atoms with E-state index in [9.17, 15) is 0 Å². The molecule has 0 aromatic heterocycles. The van der Waals surface area contributed by atoms with Crippen molar-refractivity contribution >= 4 is 8.80 Å². The maximum absolute atomic E-state index is 6.06. The molecule has 1 rings (SSSR count).